The molecule has 2 heterocycles. The third-order valence-electron chi connectivity index (χ3n) is 5.93. The van der Waals surface area contributed by atoms with Crippen LogP contribution in [0.25, 0.3) is 0 Å². The minimum atomic E-state index is -4.45. The van der Waals surface area contributed by atoms with Gasteiger partial charge >= 0.3 is 6.18 Å². The molecular formula is C26H23F3N4O4. The average Bonchev–Trinajstić information content (AvgIpc) is 3.10. The molecule has 3 N–H and O–H groups in total. The lowest BCUT2D eigenvalue weighted by molar-refractivity contribution is -0.146. The second-order valence-electron chi connectivity index (χ2n) is 8.67. The number of nitrogens with one attached hydrogen (secondary N) is 3. The maximum Gasteiger partial charge on any atom is 0.416 e. The van der Waals surface area contributed by atoms with E-state index in [1.807, 2.05) is 0 Å². The molecule has 1 fully saturated rings. The molecule has 2 aromatic rings. The van der Waals surface area contributed by atoms with Gasteiger partial charge in [-0.2, -0.15) is 13.2 Å². The standard InChI is InChI=1S/C26H23F3N4O4/c1-15-5-11-21(24(36)30-15)33-23(35)14-20(25(33)37)31-19-4-2-3-16(13-19)6-12-22(34)32-18-9-7-17(8-10-18)26(27,28)29/h2-4,7-10,13-14,21,31H,1,5-6,11-12H2,(H,30,36)(H,32,34). The smallest absolute Gasteiger partial charge is 0.351 e. The highest BCUT2D eigenvalue weighted by Gasteiger charge is 2.41. The molecule has 37 heavy (non-hydrogen) atoms. The number of hydrogen-bond acceptors (Lipinski definition) is 5. The summed E-state index contributed by atoms with van der Waals surface area (Å²) in [6.45, 7) is 3.69. The number of anilines is 2. The summed E-state index contributed by atoms with van der Waals surface area (Å²) in [5.41, 5.74) is 1.29. The summed E-state index contributed by atoms with van der Waals surface area (Å²) in [5.74, 6) is -2.03. The van der Waals surface area contributed by atoms with Crippen molar-refractivity contribution in [2.45, 2.75) is 37.9 Å². The van der Waals surface area contributed by atoms with E-state index in [1.54, 1.807) is 24.3 Å². The van der Waals surface area contributed by atoms with Crippen molar-refractivity contribution in [1.29, 1.82) is 0 Å². The number of halogens is 3. The fourth-order valence-corrected chi connectivity index (χ4v) is 4.06. The first-order chi connectivity index (χ1) is 17.5. The lowest BCUT2D eigenvalue weighted by atomic mass is 10.0. The van der Waals surface area contributed by atoms with Crippen LogP contribution >= 0.6 is 0 Å². The zero-order valence-corrected chi connectivity index (χ0v) is 19.5. The first-order valence-electron chi connectivity index (χ1n) is 11.4. The van der Waals surface area contributed by atoms with E-state index in [0.717, 1.165) is 28.7 Å². The Kier molecular flexibility index (Phi) is 7.14. The number of rotatable bonds is 7. The summed E-state index contributed by atoms with van der Waals surface area (Å²) < 4.78 is 38.0. The van der Waals surface area contributed by atoms with Crippen LogP contribution in [-0.4, -0.2) is 34.6 Å². The summed E-state index contributed by atoms with van der Waals surface area (Å²) in [4.78, 5) is 50.8. The van der Waals surface area contributed by atoms with Gasteiger partial charge in [0, 0.05) is 29.6 Å². The van der Waals surface area contributed by atoms with Crippen molar-refractivity contribution >= 4 is 35.0 Å². The Morgan fingerprint density at radius 1 is 1.08 bits per heavy atom. The van der Waals surface area contributed by atoms with Gasteiger partial charge in [-0.15, -0.1) is 0 Å². The fourth-order valence-electron chi connectivity index (χ4n) is 4.06. The topological polar surface area (TPSA) is 108 Å². The Morgan fingerprint density at radius 2 is 1.81 bits per heavy atom. The number of carbonyl (C=O) groups is 4. The van der Waals surface area contributed by atoms with Gasteiger partial charge in [0.1, 0.15) is 11.7 Å². The van der Waals surface area contributed by atoms with Gasteiger partial charge in [-0.1, -0.05) is 18.7 Å². The lowest BCUT2D eigenvalue weighted by Crippen LogP contribution is -2.52. The zero-order valence-electron chi connectivity index (χ0n) is 19.5. The monoisotopic (exact) mass is 512 g/mol. The number of hydrogen-bond donors (Lipinski definition) is 3. The van der Waals surface area contributed by atoms with Crippen molar-refractivity contribution in [3.05, 3.63) is 83.7 Å². The number of piperidine rings is 1. The molecular weight excluding hydrogens is 489 g/mol. The average molecular weight is 512 g/mol. The van der Waals surface area contributed by atoms with Crippen molar-refractivity contribution < 1.29 is 32.3 Å². The SMILES string of the molecule is C=C1CCC(N2C(=O)C=C(Nc3cccc(CCC(=O)Nc4ccc(C(F)(F)F)cc4)c3)C2=O)C(=O)N1. The van der Waals surface area contributed by atoms with E-state index < -0.39 is 35.5 Å². The molecule has 192 valence electrons. The third kappa shape index (κ3) is 6.05. The Morgan fingerprint density at radius 3 is 2.49 bits per heavy atom. The fraction of sp³-hybridized carbons (Fsp3) is 0.231. The van der Waals surface area contributed by atoms with Crippen LogP contribution in [0.4, 0.5) is 24.5 Å². The quantitative estimate of drug-likeness (QED) is 0.490. The third-order valence-corrected chi connectivity index (χ3v) is 5.93. The van der Waals surface area contributed by atoms with Crippen molar-refractivity contribution in [2.24, 2.45) is 0 Å². The number of alkyl halides is 3. The molecule has 0 bridgehead atoms. The van der Waals surface area contributed by atoms with Gasteiger partial charge in [0.2, 0.25) is 11.8 Å². The Hall–Kier alpha value is -4.41. The molecule has 0 radical (unpaired) electrons. The molecule has 4 amide bonds. The molecule has 2 aromatic carbocycles. The summed E-state index contributed by atoms with van der Waals surface area (Å²) in [6, 6.07) is 10.2. The van der Waals surface area contributed by atoms with Crippen LogP contribution in [0.2, 0.25) is 0 Å². The second-order valence-corrected chi connectivity index (χ2v) is 8.67. The maximum atomic E-state index is 12.9. The summed E-state index contributed by atoms with van der Waals surface area (Å²) in [6.07, 6.45) is -2.15. The van der Waals surface area contributed by atoms with Gasteiger partial charge in [0.25, 0.3) is 11.8 Å². The van der Waals surface area contributed by atoms with E-state index >= 15 is 0 Å². The van der Waals surface area contributed by atoms with E-state index in [9.17, 15) is 32.3 Å². The van der Waals surface area contributed by atoms with Crippen LogP contribution in [0.15, 0.2) is 72.6 Å². The molecule has 0 aromatic heterocycles. The van der Waals surface area contributed by atoms with Crippen molar-refractivity contribution in [3.63, 3.8) is 0 Å². The number of nitrogens with zero attached hydrogens (tertiary/aromatic N) is 1. The normalized spacial score (nSPS) is 18.0. The summed E-state index contributed by atoms with van der Waals surface area (Å²) in [5, 5.41) is 8.03. The van der Waals surface area contributed by atoms with Crippen molar-refractivity contribution in [2.75, 3.05) is 10.6 Å². The molecule has 4 rings (SSSR count). The molecule has 0 aliphatic carbocycles. The molecule has 8 nitrogen and oxygen atoms in total. The Labute approximate surface area is 210 Å². The van der Waals surface area contributed by atoms with Gasteiger partial charge in [-0.3, -0.25) is 24.1 Å². The zero-order chi connectivity index (χ0) is 26.7. The van der Waals surface area contributed by atoms with E-state index in [4.69, 9.17) is 0 Å². The van der Waals surface area contributed by atoms with Gasteiger partial charge in [0.15, 0.2) is 0 Å². The highest BCUT2D eigenvalue weighted by atomic mass is 19.4. The predicted octanol–water partition coefficient (Wildman–Crippen LogP) is 3.73. The number of aryl methyl sites for hydroxylation is 1. The van der Waals surface area contributed by atoms with E-state index in [1.165, 1.54) is 12.1 Å². The maximum absolute atomic E-state index is 12.9. The van der Waals surface area contributed by atoms with E-state index in [-0.39, 0.29) is 23.7 Å². The molecule has 1 atom stereocenters. The minimum absolute atomic E-state index is 0.0272. The molecule has 1 unspecified atom stereocenters. The molecule has 11 heteroatoms. The number of imide groups is 1. The Balaban J connectivity index is 1.33. The number of amides is 4. The number of benzene rings is 2. The molecule has 1 saturated heterocycles. The summed E-state index contributed by atoms with van der Waals surface area (Å²) in [7, 11) is 0. The van der Waals surface area contributed by atoms with Crippen LogP contribution in [0.5, 0.6) is 0 Å². The van der Waals surface area contributed by atoms with Crippen LogP contribution in [-0.2, 0) is 31.8 Å². The van der Waals surface area contributed by atoms with Crippen LogP contribution in [0.3, 0.4) is 0 Å². The largest absolute Gasteiger partial charge is 0.416 e. The highest BCUT2D eigenvalue weighted by molar-refractivity contribution is 6.19. The number of carbonyl (C=O) groups excluding carboxylic acids is 4. The van der Waals surface area contributed by atoms with Crippen molar-refractivity contribution in [3.8, 4) is 0 Å². The van der Waals surface area contributed by atoms with E-state index in [2.05, 4.69) is 22.5 Å². The van der Waals surface area contributed by atoms with Crippen LogP contribution in [0.1, 0.15) is 30.4 Å². The lowest BCUT2D eigenvalue weighted by Gasteiger charge is -2.29. The summed E-state index contributed by atoms with van der Waals surface area (Å²) >= 11 is 0. The number of allylic oxidation sites excluding steroid dienone is 1. The molecule has 2 aliphatic rings. The predicted molar refractivity (Wildman–Crippen MR) is 129 cm³/mol. The van der Waals surface area contributed by atoms with Gasteiger partial charge in [-0.25, -0.2) is 0 Å². The van der Waals surface area contributed by atoms with Gasteiger partial charge < -0.3 is 16.0 Å². The van der Waals surface area contributed by atoms with E-state index in [0.29, 0.717) is 30.6 Å². The Bertz CT molecular complexity index is 1300. The molecule has 2 aliphatic heterocycles. The highest BCUT2D eigenvalue weighted by Crippen LogP contribution is 2.30. The first kappa shape index (κ1) is 25.7. The van der Waals surface area contributed by atoms with Gasteiger partial charge in [-0.05, 0) is 61.2 Å². The van der Waals surface area contributed by atoms with Crippen LogP contribution in [0, 0.1) is 0 Å². The molecule has 0 spiro atoms. The first-order valence-corrected chi connectivity index (χ1v) is 11.4. The van der Waals surface area contributed by atoms with Crippen LogP contribution < -0.4 is 16.0 Å². The van der Waals surface area contributed by atoms with Crippen molar-refractivity contribution in [1.82, 2.24) is 10.2 Å². The molecule has 0 saturated carbocycles. The van der Waals surface area contributed by atoms with Gasteiger partial charge in [0.05, 0.1) is 5.56 Å². The minimum Gasteiger partial charge on any atom is -0.351 e. The second kappa shape index (κ2) is 10.3.